The van der Waals surface area contributed by atoms with E-state index in [1.807, 2.05) is 0 Å². The van der Waals surface area contributed by atoms with Crippen molar-refractivity contribution in [1.29, 1.82) is 0 Å². The molecule has 5 aromatic carbocycles. The van der Waals surface area contributed by atoms with Gasteiger partial charge in [0, 0.05) is 16.7 Å². The Balaban J connectivity index is 1.47. The minimum absolute atomic E-state index is 0.203. The predicted octanol–water partition coefficient (Wildman–Crippen LogP) is 7.88. The molecule has 2 atom stereocenters. The van der Waals surface area contributed by atoms with Crippen molar-refractivity contribution in [3.05, 3.63) is 126 Å². The Morgan fingerprint density at radius 3 is 1.91 bits per heavy atom. The zero-order valence-corrected chi connectivity index (χ0v) is 19.7. The first-order valence-electron chi connectivity index (χ1n) is 12.1. The summed E-state index contributed by atoms with van der Waals surface area (Å²) in [7, 11) is 0. The lowest BCUT2D eigenvalue weighted by Crippen LogP contribution is -2.36. The predicted molar refractivity (Wildman–Crippen MR) is 144 cm³/mol. The van der Waals surface area contributed by atoms with Crippen LogP contribution in [0.15, 0.2) is 109 Å². The molecule has 0 spiro atoms. The molecule has 0 saturated heterocycles. The maximum Gasteiger partial charge on any atom is 0.240 e. The molecule has 0 unspecified atom stereocenters. The van der Waals surface area contributed by atoms with E-state index < -0.39 is 0 Å². The first kappa shape index (κ1) is 20.7. The average molecular weight is 442 g/mol. The van der Waals surface area contributed by atoms with E-state index in [0.29, 0.717) is 0 Å². The molecule has 0 bridgehead atoms. The van der Waals surface area contributed by atoms with Crippen LogP contribution in [0.1, 0.15) is 42.6 Å². The number of nitrogens with zero attached hydrogens (tertiary/aromatic N) is 2. The molecule has 0 radical (unpaired) electrons. The first-order valence-corrected chi connectivity index (χ1v) is 12.1. The van der Waals surface area contributed by atoms with Gasteiger partial charge in [0.1, 0.15) is 24.3 Å². The fourth-order valence-electron chi connectivity index (χ4n) is 5.46. The highest BCUT2D eigenvalue weighted by molar-refractivity contribution is 5.89. The first-order chi connectivity index (χ1) is 16.7. The Kier molecular flexibility index (Phi) is 5.15. The lowest BCUT2D eigenvalue weighted by atomic mass is 9.96. The van der Waals surface area contributed by atoms with Crippen molar-refractivity contribution in [2.24, 2.45) is 0 Å². The SMILES string of the molecule is C[C@H](c1cccc2ccccc12)[N+]1=CN([C@@H](C)c2cccc3ccccc23)c2ccccc2C1. The van der Waals surface area contributed by atoms with Crippen LogP contribution in [0.4, 0.5) is 5.69 Å². The smallest absolute Gasteiger partial charge is 0.240 e. The van der Waals surface area contributed by atoms with Gasteiger partial charge in [0.2, 0.25) is 6.34 Å². The summed E-state index contributed by atoms with van der Waals surface area (Å²) in [6, 6.07) is 40.0. The van der Waals surface area contributed by atoms with Gasteiger partial charge in [-0.25, -0.2) is 4.90 Å². The number of hydrogen-bond acceptors (Lipinski definition) is 1. The molecule has 2 heteroatoms. The summed E-state index contributed by atoms with van der Waals surface area (Å²) in [6.07, 6.45) is 2.35. The Bertz CT molecular complexity index is 1520. The van der Waals surface area contributed by atoms with Crippen LogP contribution >= 0.6 is 0 Å². The molecule has 2 nitrogen and oxygen atoms in total. The van der Waals surface area contributed by atoms with Gasteiger partial charge >= 0.3 is 0 Å². The standard InChI is InChI=1S/C32H29N2/c1-23(28-18-9-14-25-11-3-6-16-30(25)28)33-21-27-13-5-8-20-32(27)34(22-33)24(2)29-19-10-15-26-12-4-7-17-31(26)29/h3-20,22-24H,21H2,1-2H3/q+1/t23-,24+/m1/s1. The summed E-state index contributed by atoms with van der Waals surface area (Å²) < 4.78 is 2.49. The van der Waals surface area contributed by atoms with Gasteiger partial charge in [-0.2, -0.15) is 0 Å². The molecule has 1 aliphatic heterocycles. The summed E-state index contributed by atoms with van der Waals surface area (Å²) >= 11 is 0. The average Bonchev–Trinajstić information content (AvgIpc) is 2.91. The fraction of sp³-hybridized carbons (Fsp3) is 0.156. The summed E-state index contributed by atoms with van der Waals surface area (Å²) in [6.45, 7) is 5.55. The minimum atomic E-state index is 0.203. The molecule has 6 rings (SSSR count). The van der Waals surface area contributed by atoms with Gasteiger partial charge in [-0.3, -0.25) is 4.58 Å². The molecule has 1 aliphatic rings. The highest BCUT2D eigenvalue weighted by Gasteiger charge is 2.32. The van der Waals surface area contributed by atoms with E-state index in [1.165, 1.54) is 43.9 Å². The number of anilines is 1. The van der Waals surface area contributed by atoms with Gasteiger partial charge in [-0.15, -0.1) is 0 Å². The number of hydrogen-bond donors (Lipinski definition) is 0. The Morgan fingerprint density at radius 1 is 0.618 bits per heavy atom. The maximum atomic E-state index is 2.49. The number of para-hydroxylation sites is 1. The van der Waals surface area contributed by atoms with Crippen LogP contribution in [-0.4, -0.2) is 10.9 Å². The van der Waals surface area contributed by atoms with Gasteiger partial charge in [0.05, 0.1) is 0 Å². The molecule has 166 valence electrons. The van der Waals surface area contributed by atoms with Gasteiger partial charge in [0.25, 0.3) is 0 Å². The molecule has 0 fully saturated rings. The lowest BCUT2D eigenvalue weighted by molar-refractivity contribution is -0.581. The van der Waals surface area contributed by atoms with E-state index in [0.717, 1.165) is 6.54 Å². The largest absolute Gasteiger partial charge is 0.257 e. The zero-order chi connectivity index (χ0) is 23.1. The summed E-state index contributed by atoms with van der Waals surface area (Å²) in [5, 5.41) is 5.24. The van der Waals surface area contributed by atoms with Crippen LogP contribution in [0.3, 0.4) is 0 Å². The van der Waals surface area contributed by atoms with Gasteiger partial charge in [0.15, 0.2) is 0 Å². The highest BCUT2D eigenvalue weighted by Crippen LogP contribution is 2.36. The molecule has 5 aromatic rings. The second-order valence-electron chi connectivity index (χ2n) is 9.31. The maximum absolute atomic E-state index is 2.49. The molecule has 1 heterocycles. The van der Waals surface area contributed by atoms with E-state index >= 15 is 0 Å². The van der Waals surface area contributed by atoms with Gasteiger partial charge < -0.3 is 0 Å². The third-order valence-corrected chi connectivity index (χ3v) is 7.36. The Labute approximate surface area is 201 Å². The van der Waals surface area contributed by atoms with Crippen molar-refractivity contribution < 1.29 is 4.58 Å². The fourth-order valence-corrected chi connectivity index (χ4v) is 5.46. The molecule has 0 saturated carbocycles. The van der Waals surface area contributed by atoms with Gasteiger partial charge in [-0.1, -0.05) is 103 Å². The Hall–Kier alpha value is -3.91. The molecule has 0 N–H and O–H groups in total. The molecule has 0 amide bonds. The number of benzene rings is 5. The molecule has 0 aromatic heterocycles. The van der Waals surface area contributed by atoms with Crippen LogP contribution in [-0.2, 0) is 6.54 Å². The monoisotopic (exact) mass is 441 g/mol. The second kappa shape index (κ2) is 8.46. The number of rotatable bonds is 4. The molecule has 0 aliphatic carbocycles. The third kappa shape index (κ3) is 3.47. The van der Waals surface area contributed by atoms with Crippen LogP contribution in [0.25, 0.3) is 21.5 Å². The zero-order valence-electron chi connectivity index (χ0n) is 19.7. The van der Waals surface area contributed by atoms with Gasteiger partial charge in [-0.05, 0) is 41.5 Å². The van der Waals surface area contributed by atoms with Crippen molar-refractivity contribution in [2.75, 3.05) is 4.90 Å². The Morgan fingerprint density at radius 2 is 1.18 bits per heavy atom. The van der Waals surface area contributed by atoms with Crippen molar-refractivity contribution >= 4 is 33.6 Å². The number of fused-ring (bicyclic) bond motifs is 3. The van der Waals surface area contributed by atoms with E-state index in [9.17, 15) is 0 Å². The van der Waals surface area contributed by atoms with Crippen molar-refractivity contribution in [1.82, 2.24) is 0 Å². The van der Waals surface area contributed by atoms with E-state index in [1.54, 1.807) is 0 Å². The van der Waals surface area contributed by atoms with E-state index in [2.05, 4.69) is 139 Å². The second-order valence-corrected chi connectivity index (χ2v) is 9.31. The molecular formula is C32H29N2+. The van der Waals surface area contributed by atoms with Crippen LogP contribution in [0.5, 0.6) is 0 Å². The minimum Gasteiger partial charge on any atom is -0.257 e. The molecular weight excluding hydrogens is 412 g/mol. The highest BCUT2D eigenvalue weighted by atomic mass is 15.3. The van der Waals surface area contributed by atoms with Crippen molar-refractivity contribution in [3.8, 4) is 0 Å². The normalized spacial score (nSPS) is 15.1. The topological polar surface area (TPSA) is 6.25 Å². The quantitative estimate of drug-likeness (QED) is 0.257. The third-order valence-electron chi connectivity index (χ3n) is 7.36. The van der Waals surface area contributed by atoms with Crippen molar-refractivity contribution in [3.63, 3.8) is 0 Å². The molecule has 34 heavy (non-hydrogen) atoms. The van der Waals surface area contributed by atoms with Crippen LogP contribution in [0, 0.1) is 0 Å². The summed E-state index contributed by atoms with van der Waals surface area (Å²) in [5.41, 5.74) is 5.38. The van der Waals surface area contributed by atoms with Crippen molar-refractivity contribution in [2.45, 2.75) is 32.5 Å². The summed E-state index contributed by atoms with van der Waals surface area (Å²) in [5.74, 6) is 0. The lowest BCUT2D eigenvalue weighted by Gasteiger charge is -2.30. The van der Waals surface area contributed by atoms with E-state index in [4.69, 9.17) is 0 Å². The van der Waals surface area contributed by atoms with E-state index in [-0.39, 0.29) is 12.1 Å². The summed E-state index contributed by atoms with van der Waals surface area (Å²) in [4.78, 5) is 2.46. The van der Waals surface area contributed by atoms with Crippen LogP contribution < -0.4 is 4.90 Å². The van der Waals surface area contributed by atoms with Crippen LogP contribution in [0.2, 0.25) is 0 Å².